The lowest BCUT2D eigenvalue weighted by atomic mass is 9.97. The zero-order valence-corrected chi connectivity index (χ0v) is 11.5. The molecule has 98 valence electrons. The van der Waals surface area contributed by atoms with Crippen LogP contribution in [-0.2, 0) is 0 Å². The second kappa shape index (κ2) is 4.35. The van der Waals surface area contributed by atoms with Crippen molar-refractivity contribution in [2.24, 2.45) is 0 Å². The lowest BCUT2D eigenvalue weighted by Crippen LogP contribution is -1.99. The second-order valence-electron chi connectivity index (χ2n) is 4.59. The van der Waals surface area contributed by atoms with E-state index in [-0.39, 0.29) is 17.5 Å². The average molecular weight is 275 g/mol. The topological polar surface area (TPSA) is 59.4 Å². The number of benzene rings is 1. The summed E-state index contributed by atoms with van der Waals surface area (Å²) >= 11 is 1.55. The van der Waals surface area contributed by atoms with Gasteiger partial charge < -0.3 is 9.84 Å². The number of carbonyl (C=O) groups excluding carboxylic acids is 1. The fourth-order valence-electron chi connectivity index (χ4n) is 2.64. The van der Waals surface area contributed by atoms with Gasteiger partial charge in [0.25, 0.3) is 0 Å². The number of nitrogens with zero attached hydrogens (tertiary/aromatic N) is 1. The molecule has 3 rings (SSSR count). The van der Waals surface area contributed by atoms with Crippen LogP contribution in [0.1, 0.15) is 38.8 Å². The molecule has 1 N–H and O–H groups in total. The van der Waals surface area contributed by atoms with Crippen LogP contribution in [0.25, 0.3) is 0 Å². The Morgan fingerprint density at radius 2 is 2.26 bits per heavy atom. The Balaban J connectivity index is 2.21. The molecule has 19 heavy (non-hydrogen) atoms. The number of phenolic OH excluding ortho intramolecular Hbond substituents is 1. The van der Waals surface area contributed by atoms with Crippen molar-refractivity contribution in [1.29, 1.82) is 0 Å². The molecule has 1 aromatic heterocycles. The van der Waals surface area contributed by atoms with Gasteiger partial charge in [-0.25, -0.2) is 4.98 Å². The van der Waals surface area contributed by atoms with Crippen LogP contribution in [0.2, 0.25) is 0 Å². The molecule has 4 nitrogen and oxygen atoms in total. The normalized spacial score (nSPS) is 17.6. The highest BCUT2D eigenvalue weighted by Gasteiger charge is 2.35. The monoisotopic (exact) mass is 275 g/mol. The molecule has 0 amide bonds. The first-order valence-electron chi connectivity index (χ1n) is 5.96. The minimum Gasteiger partial charge on any atom is -0.508 e. The van der Waals surface area contributed by atoms with E-state index < -0.39 is 0 Å². The van der Waals surface area contributed by atoms with E-state index in [4.69, 9.17) is 4.74 Å². The first kappa shape index (κ1) is 12.2. The Morgan fingerprint density at radius 1 is 1.47 bits per heavy atom. The van der Waals surface area contributed by atoms with E-state index >= 15 is 0 Å². The van der Waals surface area contributed by atoms with E-state index in [0.29, 0.717) is 17.7 Å². The summed E-state index contributed by atoms with van der Waals surface area (Å²) in [6.45, 7) is 1.95. The number of rotatable bonds is 2. The highest BCUT2D eigenvalue weighted by Crippen LogP contribution is 2.46. The number of ether oxygens (including phenoxy) is 1. The zero-order chi connectivity index (χ0) is 13.6. The van der Waals surface area contributed by atoms with Crippen LogP contribution in [0.4, 0.5) is 0 Å². The number of carbonyl (C=O) groups is 1. The number of thiazole rings is 1. The summed E-state index contributed by atoms with van der Waals surface area (Å²) < 4.78 is 5.33. The molecule has 0 radical (unpaired) electrons. The van der Waals surface area contributed by atoms with Crippen LogP contribution >= 0.6 is 11.3 Å². The van der Waals surface area contributed by atoms with Crippen molar-refractivity contribution < 1.29 is 14.6 Å². The van der Waals surface area contributed by atoms with E-state index in [2.05, 4.69) is 4.98 Å². The summed E-state index contributed by atoms with van der Waals surface area (Å²) in [6.07, 6.45) is 0.415. The summed E-state index contributed by atoms with van der Waals surface area (Å²) in [5, 5.41) is 9.66. The van der Waals surface area contributed by atoms with Gasteiger partial charge in [-0.15, -0.1) is 11.3 Å². The summed E-state index contributed by atoms with van der Waals surface area (Å²) in [5.74, 6) is 0.664. The van der Waals surface area contributed by atoms with Gasteiger partial charge in [-0.1, -0.05) is 0 Å². The highest BCUT2D eigenvalue weighted by molar-refractivity contribution is 7.09. The summed E-state index contributed by atoms with van der Waals surface area (Å²) in [6, 6.07) is 3.08. The third kappa shape index (κ3) is 1.81. The molecule has 2 aromatic rings. The number of aromatic hydroxyl groups is 1. The lowest BCUT2D eigenvalue weighted by molar-refractivity contribution is 0.0991. The van der Waals surface area contributed by atoms with Crippen molar-refractivity contribution in [1.82, 2.24) is 4.98 Å². The number of hydrogen-bond donors (Lipinski definition) is 1. The largest absolute Gasteiger partial charge is 0.508 e. The van der Waals surface area contributed by atoms with E-state index in [1.807, 2.05) is 6.92 Å². The Labute approximate surface area is 114 Å². The first-order chi connectivity index (χ1) is 9.11. The van der Waals surface area contributed by atoms with Crippen molar-refractivity contribution in [3.63, 3.8) is 0 Å². The number of aryl methyl sites for hydroxylation is 1. The minimum absolute atomic E-state index is 0.00875. The third-order valence-electron chi connectivity index (χ3n) is 3.48. The number of phenols is 1. The predicted octanol–water partition coefficient (Wildman–Crippen LogP) is 2.88. The molecule has 0 saturated carbocycles. The molecular weight excluding hydrogens is 262 g/mol. The van der Waals surface area contributed by atoms with Crippen LogP contribution in [0.5, 0.6) is 11.5 Å². The number of ketones is 1. The Bertz CT molecular complexity index is 663. The molecule has 1 unspecified atom stereocenters. The molecule has 1 atom stereocenters. The molecule has 0 spiro atoms. The van der Waals surface area contributed by atoms with E-state index in [1.165, 1.54) is 6.07 Å². The third-order valence-corrected chi connectivity index (χ3v) is 4.53. The van der Waals surface area contributed by atoms with Gasteiger partial charge in [0.15, 0.2) is 5.78 Å². The summed E-state index contributed by atoms with van der Waals surface area (Å²) in [5.41, 5.74) is 4.18. The van der Waals surface area contributed by atoms with Gasteiger partial charge in [0.05, 0.1) is 18.3 Å². The van der Waals surface area contributed by atoms with E-state index in [0.717, 1.165) is 16.1 Å². The standard InChI is InChI=1S/C14H13NO3S/c1-7-14(19-6-15-7)10-5-11(17)9-3-8(16)4-12(18-2)13(9)10/h3-4,6,10,16H,5H2,1-2H3. The van der Waals surface area contributed by atoms with Crippen molar-refractivity contribution in [2.45, 2.75) is 19.3 Å². The minimum atomic E-state index is -0.00875. The second-order valence-corrected chi connectivity index (χ2v) is 5.48. The van der Waals surface area contributed by atoms with E-state index in [9.17, 15) is 9.90 Å². The maximum absolute atomic E-state index is 12.1. The molecule has 0 bridgehead atoms. The van der Waals surface area contributed by atoms with Gasteiger partial charge in [0.1, 0.15) is 11.5 Å². The number of fused-ring (bicyclic) bond motifs is 1. The number of Topliss-reactive ketones (excluding diaryl/α,β-unsaturated/α-hetero) is 1. The smallest absolute Gasteiger partial charge is 0.164 e. The number of methoxy groups -OCH3 is 1. The van der Waals surface area contributed by atoms with Crippen LogP contribution in [0.3, 0.4) is 0 Å². The maximum Gasteiger partial charge on any atom is 0.164 e. The van der Waals surface area contributed by atoms with Crippen molar-refractivity contribution in [3.05, 3.63) is 39.3 Å². The molecule has 1 aliphatic rings. The van der Waals surface area contributed by atoms with Crippen LogP contribution in [-0.4, -0.2) is 23.0 Å². The van der Waals surface area contributed by atoms with E-state index in [1.54, 1.807) is 30.0 Å². The molecule has 0 saturated heterocycles. The maximum atomic E-state index is 12.1. The van der Waals surface area contributed by atoms with Gasteiger partial charge in [-0.05, 0) is 13.0 Å². The average Bonchev–Trinajstić information content (AvgIpc) is 2.93. The van der Waals surface area contributed by atoms with Crippen molar-refractivity contribution >= 4 is 17.1 Å². The molecule has 1 aromatic carbocycles. The van der Waals surface area contributed by atoms with Gasteiger partial charge in [0, 0.05) is 34.4 Å². The van der Waals surface area contributed by atoms with Gasteiger partial charge in [-0.2, -0.15) is 0 Å². The molecule has 5 heteroatoms. The number of aromatic nitrogens is 1. The number of hydrogen-bond acceptors (Lipinski definition) is 5. The Hall–Kier alpha value is -1.88. The zero-order valence-electron chi connectivity index (χ0n) is 10.6. The van der Waals surface area contributed by atoms with Gasteiger partial charge >= 0.3 is 0 Å². The SMILES string of the molecule is COc1cc(O)cc2c1C(c1scnc1C)CC2=O. The van der Waals surface area contributed by atoms with Crippen molar-refractivity contribution in [2.75, 3.05) is 7.11 Å². The molecule has 1 aliphatic carbocycles. The Kier molecular flexibility index (Phi) is 2.78. The summed E-state index contributed by atoms with van der Waals surface area (Å²) in [7, 11) is 1.55. The van der Waals surface area contributed by atoms with Crippen molar-refractivity contribution in [3.8, 4) is 11.5 Å². The fraction of sp³-hybridized carbons (Fsp3) is 0.286. The highest BCUT2D eigenvalue weighted by atomic mass is 32.1. The fourth-order valence-corrected chi connectivity index (χ4v) is 3.55. The van der Waals surface area contributed by atoms with Crippen LogP contribution in [0.15, 0.2) is 17.6 Å². The molecular formula is C14H13NO3S. The molecule has 0 aliphatic heterocycles. The van der Waals surface area contributed by atoms with Gasteiger partial charge in [0.2, 0.25) is 0 Å². The molecule has 1 heterocycles. The van der Waals surface area contributed by atoms with Crippen LogP contribution < -0.4 is 4.74 Å². The summed E-state index contributed by atoms with van der Waals surface area (Å²) in [4.78, 5) is 17.5. The van der Waals surface area contributed by atoms with Crippen LogP contribution in [0, 0.1) is 6.92 Å². The molecule has 0 fully saturated rings. The Morgan fingerprint density at radius 3 is 2.89 bits per heavy atom. The van der Waals surface area contributed by atoms with Gasteiger partial charge in [-0.3, -0.25) is 4.79 Å². The lowest BCUT2D eigenvalue weighted by Gasteiger charge is -2.14. The predicted molar refractivity (Wildman–Crippen MR) is 72.3 cm³/mol. The quantitative estimate of drug-likeness (QED) is 0.915. The first-order valence-corrected chi connectivity index (χ1v) is 6.84.